The van der Waals surface area contributed by atoms with Crippen LogP contribution in [0.1, 0.15) is 16.1 Å². The standard InChI is InChI=1S/C23H23N5O/c29-23(28-12-9-18-5-1-2-6-21(18)28)20-17-19(8-11-24-20)26-13-15-27(16-14-26)22-7-3-4-10-25-22/h1-8,10-11,17H,9,12-16H2. The minimum atomic E-state index is -0.0241. The zero-order chi connectivity index (χ0) is 19.6. The van der Waals surface area contributed by atoms with Crippen molar-refractivity contribution < 1.29 is 4.79 Å². The average Bonchev–Trinajstić information content (AvgIpc) is 3.24. The predicted octanol–water partition coefficient (Wildman–Crippen LogP) is 3.01. The normalized spacial score (nSPS) is 16.1. The summed E-state index contributed by atoms with van der Waals surface area (Å²) in [6.45, 7) is 4.30. The number of fused-ring (bicyclic) bond motifs is 1. The number of nitrogens with zero attached hydrogens (tertiary/aromatic N) is 5. The topological polar surface area (TPSA) is 52.6 Å². The highest BCUT2D eigenvalue weighted by atomic mass is 16.2. The highest BCUT2D eigenvalue weighted by Crippen LogP contribution is 2.29. The number of anilines is 3. The average molecular weight is 385 g/mol. The van der Waals surface area contributed by atoms with Crippen LogP contribution < -0.4 is 14.7 Å². The van der Waals surface area contributed by atoms with E-state index in [2.05, 4.69) is 25.8 Å². The van der Waals surface area contributed by atoms with Crippen LogP contribution in [-0.2, 0) is 6.42 Å². The largest absolute Gasteiger partial charge is 0.368 e. The van der Waals surface area contributed by atoms with Crippen LogP contribution in [0.3, 0.4) is 0 Å². The number of benzene rings is 1. The van der Waals surface area contributed by atoms with Crippen molar-refractivity contribution in [3.8, 4) is 0 Å². The van der Waals surface area contributed by atoms with Crippen LogP contribution in [0.4, 0.5) is 17.2 Å². The van der Waals surface area contributed by atoms with Crippen LogP contribution >= 0.6 is 0 Å². The molecule has 1 fully saturated rings. The van der Waals surface area contributed by atoms with Gasteiger partial charge in [-0.2, -0.15) is 0 Å². The van der Waals surface area contributed by atoms with Gasteiger partial charge in [-0.05, 0) is 42.3 Å². The van der Waals surface area contributed by atoms with Gasteiger partial charge in [-0.1, -0.05) is 24.3 Å². The smallest absolute Gasteiger partial charge is 0.276 e. The fraction of sp³-hybridized carbons (Fsp3) is 0.261. The minimum Gasteiger partial charge on any atom is -0.368 e. The van der Waals surface area contributed by atoms with Crippen molar-refractivity contribution >= 4 is 23.1 Å². The lowest BCUT2D eigenvalue weighted by molar-refractivity contribution is 0.0984. The molecule has 0 saturated carbocycles. The van der Waals surface area contributed by atoms with E-state index in [0.717, 1.165) is 49.8 Å². The number of hydrogen-bond donors (Lipinski definition) is 0. The van der Waals surface area contributed by atoms with Gasteiger partial charge >= 0.3 is 0 Å². The van der Waals surface area contributed by atoms with Gasteiger partial charge in [-0.25, -0.2) is 4.98 Å². The Bertz CT molecular complexity index is 1010. The van der Waals surface area contributed by atoms with E-state index in [1.165, 1.54) is 5.56 Å². The summed E-state index contributed by atoms with van der Waals surface area (Å²) < 4.78 is 0. The molecule has 0 atom stereocenters. The molecule has 2 aromatic heterocycles. The van der Waals surface area contributed by atoms with Gasteiger partial charge in [0.1, 0.15) is 11.5 Å². The van der Waals surface area contributed by atoms with E-state index in [-0.39, 0.29) is 5.91 Å². The first kappa shape index (κ1) is 17.7. The van der Waals surface area contributed by atoms with Crippen molar-refractivity contribution in [3.63, 3.8) is 0 Å². The second kappa shape index (κ2) is 7.54. The molecule has 2 aliphatic heterocycles. The van der Waals surface area contributed by atoms with Gasteiger partial charge in [-0.15, -0.1) is 0 Å². The third-order valence-electron chi connectivity index (χ3n) is 5.71. The Balaban J connectivity index is 1.30. The first-order valence-corrected chi connectivity index (χ1v) is 10.1. The quantitative estimate of drug-likeness (QED) is 0.694. The third-order valence-corrected chi connectivity index (χ3v) is 5.71. The van der Waals surface area contributed by atoms with Crippen molar-refractivity contribution in [3.05, 3.63) is 78.2 Å². The van der Waals surface area contributed by atoms with Crippen LogP contribution in [-0.4, -0.2) is 48.6 Å². The summed E-state index contributed by atoms with van der Waals surface area (Å²) in [5.74, 6) is 0.995. The lowest BCUT2D eigenvalue weighted by Crippen LogP contribution is -2.46. The molecule has 29 heavy (non-hydrogen) atoms. The molecule has 0 N–H and O–H groups in total. The minimum absolute atomic E-state index is 0.0241. The fourth-order valence-corrected chi connectivity index (χ4v) is 4.16. The molecule has 146 valence electrons. The monoisotopic (exact) mass is 385 g/mol. The van der Waals surface area contributed by atoms with E-state index >= 15 is 0 Å². The van der Waals surface area contributed by atoms with Crippen molar-refractivity contribution in [2.75, 3.05) is 47.4 Å². The number of para-hydroxylation sites is 1. The number of amides is 1. The molecule has 2 aliphatic rings. The van der Waals surface area contributed by atoms with Gasteiger partial charge in [0, 0.05) is 56.5 Å². The van der Waals surface area contributed by atoms with Crippen LogP contribution in [0.25, 0.3) is 0 Å². The summed E-state index contributed by atoms with van der Waals surface area (Å²) in [6, 6.07) is 18.0. The predicted molar refractivity (Wildman–Crippen MR) is 115 cm³/mol. The first-order valence-electron chi connectivity index (χ1n) is 10.1. The summed E-state index contributed by atoms with van der Waals surface area (Å²) >= 11 is 0. The molecule has 3 aromatic rings. The number of carbonyl (C=O) groups is 1. The van der Waals surface area contributed by atoms with E-state index in [9.17, 15) is 4.79 Å². The maximum atomic E-state index is 13.1. The lowest BCUT2D eigenvalue weighted by Gasteiger charge is -2.36. The molecule has 0 bridgehead atoms. The van der Waals surface area contributed by atoms with Gasteiger partial charge < -0.3 is 14.7 Å². The zero-order valence-corrected chi connectivity index (χ0v) is 16.2. The molecule has 4 heterocycles. The molecule has 6 heteroatoms. The molecule has 1 saturated heterocycles. The SMILES string of the molecule is O=C(c1cc(N2CCN(c3ccccn3)CC2)ccn1)N1CCc2ccccc21. The molecule has 0 unspecified atom stereocenters. The maximum absolute atomic E-state index is 13.1. The summed E-state index contributed by atoms with van der Waals surface area (Å²) in [4.78, 5) is 28.4. The molecular formula is C23H23N5O. The summed E-state index contributed by atoms with van der Waals surface area (Å²) in [6.07, 6.45) is 4.48. The Morgan fingerprint density at radius 2 is 1.59 bits per heavy atom. The van der Waals surface area contributed by atoms with Crippen LogP contribution in [0.5, 0.6) is 0 Å². The second-order valence-corrected chi connectivity index (χ2v) is 7.40. The van der Waals surface area contributed by atoms with E-state index in [1.54, 1.807) is 6.20 Å². The van der Waals surface area contributed by atoms with Crippen LogP contribution in [0, 0.1) is 0 Å². The van der Waals surface area contributed by atoms with Gasteiger partial charge in [0.15, 0.2) is 0 Å². The fourth-order valence-electron chi connectivity index (χ4n) is 4.16. The van der Waals surface area contributed by atoms with Crippen molar-refractivity contribution in [1.82, 2.24) is 9.97 Å². The van der Waals surface area contributed by atoms with Crippen LogP contribution in [0.2, 0.25) is 0 Å². The molecule has 1 amide bonds. The number of rotatable bonds is 3. The highest BCUT2D eigenvalue weighted by Gasteiger charge is 2.26. The van der Waals surface area contributed by atoms with Gasteiger partial charge in [0.2, 0.25) is 0 Å². The van der Waals surface area contributed by atoms with E-state index in [4.69, 9.17) is 0 Å². The Morgan fingerprint density at radius 1 is 0.793 bits per heavy atom. The highest BCUT2D eigenvalue weighted by molar-refractivity contribution is 6.06. The van der Waals surface area contributed by atoms with E-state index in [0.29, 0.717) is 12.2 Å². The second-order valence-electron chi connectivity index (χ2n) is 7.40. The lowest BCUT2D eigenvalue weighted by atomic mass is 10.2. The number of hydrogen-bond acceptors (Lipinski definition) is 5. The van der Waals surface area contributed by atoms with Crippen LogP contribution in [0.15, 0.2) is 67.0 Å². The summed E-state index contributed by atoms with van der Waals surface area (Å²) in [7, 11) is 0. The third kappa shape index (κ3) is 3.42. The number of piperazine rings is 1. The molecule has 0 aliphatic carbocycles. The molecule has 0 radical (unpaired) electrons. The van der Waals surface area contributed by atoms with E-state index < -0.39 is 0 Å². The maximum Gasteiger partial charge on any atom is 0.276 e. The van der Waals surface area contributed by atoms with Gasteiger partial charge in [0.05, 0.1) is 0 Å². The molecule has 5 rings (SSSR count). The summed E-state index contributed by atoms with van der Waals surface area (Å²) in [5, 5.41) is 0. The van der Waals surface area contributed by atoms with Crippen molar-refractivity contribution in [1.29, 1.82) is 0 Å². The summed E-state index contributed by atoms with van der Waals surface area (Å²) in [5.41, 5.74) is 3.79. The Kier molecular flexibility index (Phi) is 4.60. The Labute approximate surface area is 170 Å². The number of pyridine rings is 2. The zero-order valence-electron chi connectivity index (χ0n) is 16.2. The Morgan fingerprint density at radius 3 is 2.41 bits per heavy atom. The Hall–Kier alpha value is -3.41. The molecule has 1 aromatic carbocycles. The van der Waals surface area contributed by atoms with E-state index in [1.807, 2.05) is 59.6 Å². The van der Waals surface area contributed by atoms with Gasteiger partial charge in [-0.3, -0.25) is 9.78 Å². The van der Waals surface area contributed by atoms with Gasteiger partial charge in [0.25, 0.3) is 5.91 Å². The number of aromatic nitrogens is 2. The molecule has 6 nitrogen and oxygen atoms in total. The molecular weight excluding hydrogens is 362 g/mol. The molecule has 0 spiro atoms. The van der Waals surface area contributed by atoms with Crippen molar-refractivity contribution in [2.24, 2.45) is 0 Å². The number of carbonyl (C=O) groups excluding carboxylic acids is 1. The first-order chi connectivity index (χ1) is 14.3. The van der Waals surface area contributed by atoms with Crippen molar-refractivity contribution in [2.45, 2.75) is 6.42 Å².